The van der Waals surface area contributed by atoms with Crippen LogP contribution >= 0.6 is 0 Å². The van der Waals surface area contributed by atoms with E-state index in [1.807, 2.05) is 48.5 Å². The molecular weight excluding hydrogens is 312 g/mol. The van der Waals surface area contributed by atoms with E-state index in [0.29, 0.717) is 23.0 Å². The van der Waals surface area contributed by atoms with E-state index < -0.39 is 0 Å². The monoisotopic (exact) mass is 326 g/mol. The first-order valence-corrected chi connectivity index (χ1v) is 7.74. The van der Waals surface area contributed by atoms with Crippen LogP contribution < -0.4 is 5.73 Å². The maximum absolute atomic E-state index is 5.97. The Labute approximate surface area is 144 Å². The van der Waals surface area contributed by atoms with Crippen LogP contribution in [0.15, 0.2) is 83.4 Å². The van der Waals surface area contributed by atoms with Crippen molar-refractivity contribution in [2.45, 2.75) is 0 Å². The molecule has 4 rings (SSSR count). The Kier molecular flexibility index (Phi) is 3.84. The van der Waals surface area contributed by atoms with Gasteiger partial charge in [0.25, 0.3) is 0 Å². The number of anilines is 1. The number of nitrogens with two attached hydrogens (primary N) is 1. The second-order valence-corrected chi connectivity index (χ2v) is 5.40. The van der Waals surface area contributed by atoms with Crippen LogP contribution in [0, 0.1) is 0 Å². The quantitative estimate of drug-likeness (QED) is 0.553. The number of nitrogens with zero attached hydrogens (tertiary/aromatic N) is 5. The van der Waals surface area contributed by atoms with Gasteiger partial charge in [0.15, 0.2) is 11.6 Å². The molecule has 0 aliphatic rings. The second-order valence-electron chi connectivity index (χ2n) is 5.40. The van der Waals surface area contributed by atoms with Crippen molar-refractivity contribution >= 4 is 28.0 Å². The van der Waals surface area contributed by atoms with Crippen LogP contribution in [0.1, 0.15) is 0 Å². The number of azo groups is 1. The van der Waals surface area contributed by atoms with Crippen molar-refractivity contribution in [3.8, 4) is 11.4 Å². The first-order valence-electron chi connectivity index (χ1n) is 7.74. The molecule has 25 heavy (non-hydrogen) atoms. The molecule has 0 aliphatic carbocycles. The summed E-state index contributed by atoms with van der Waals surface area (Å²) in [4.78, 5) is 12.6. The molecule has 120 valence electrons. The fourth-order valence-electron chi connectivity index (χ4n) is 2.50. The number of fused-ring (bicyclic) bond motifs is 1. The summed E-state index contributed by atoms with van der Waals surface area (Å²) in [6.07, 6.45) is 5.16. The minimum absolute atomic E-state index is 0.358. The van der Waals surface area contributed by atoms with Crippen molar-refractivity contribution in [1.29, 1.82) is 0 Å². The van der Waals surface area contributed by atoms with Gasteiger partial charge in [-0.3, -0.25) is 0 Å². The normalized spacial score (nSPS) is 11.2. The van der Waals surface area contributed by atoms with E-state index in [0.717, 1.165) is 16.3 Å². The highest BCUT2D eigenvalue weighted by atomic mass is 15.1. The van der Waals surface area contributed by atoms with Crippen LogP contribution in [0.25, 0.3) is 22.2 Å². The van der Waals surface area contributed by atoms with Gasteiger partial charge in [-0.05, 0) is 30.3 Å². The lowest BCUT2D eigenvalue weighted by Gasteiger charge is -2.03. The molecule has 4 aromatic rings. The molecule has 0 aliphatic heterocycles. The first kappa shape index (κ1) is 14.9. The summed E-state index contributed by atoms with van der Waals surface area (Å²) in [5, 5.41) is 10.5. The zero-order valence-corrected chi connectivity index (χ0v) is 13.2. The molecule has 0 spiro atoms. The van der Waals surface area contributed by atoms with E-state index in [-0.39, 0.29) is 0 Å². The fraction of sp³-hybridized carbons (Fsp3) is 0. The Hall–Kier alpha value is -3.67. The predicted molar refractivity (Wildman–Crippen MR) is 97.8 cm³/mol. The van der Waals surface area contributed by atoms with Gasteiger partial charge in [0, 0.05) is 34.9 Å². The van der Waals surface area contributed by atoms with Crippen LogP contribution in [-0.4, -0.2) is 15.0 Å². The van der Waals surface area contributed by atoms with Crippen LogP contribution in [0.5, 0.6) is 0 Å². The van der Waals surface area contributed by atoms with Crippen molar-refractivity contribution in [3.63, 3.8) is 0 Å². The summed E-state index contributed by atoms with van der Waals surface area (Å²) >= 11 is 0. The maximum Gasteiger partial charge on any atom is 0.159 e. The third-order valence-corrected chi connectivity index (χ3v) is 3.76. The lowest BCUT2D eigenvalue weighted by atomic mass is 10.1. The summed E-state index contributed by atoms with van der Waals surface area (Å²) in [6, 6.07) is 17.2. The number of hydrogen-bond donors (Lipinski definition) is 1. The van der Waals surface area contributed by atoms with Crippen molar-refractivity contribution in [1.82, 2.24) is 15.0 Å². The Balaban J connectivity index is 1.66. The van der Waals surface area contributed by atoms with Crippen LogP contribution in [0.3, 0.4) is 0 Å². The van der Waals surface area contributed by atoms with Gasteiger partial charge in [-0.1, -0.05) is 24.3 Å². The maximum atomic E-state index is 5.97. The number of rotatable bonds is 3. The molecule has 0 atom stereocenters. The molecule has 6 heteroatoms. The molecule has 0 fully saturated rings. The third kappa shape index (κ3) is 3.05. The van der Waals surface area contributed by atoms with Crippen molar-refractivity contribution in [2.75, 3.05) is 5.73 Å². The summed E-state index contributed by atoms with van der Waals surface area (Å²) in [7, 11) is 0. The third-order valence-electron chi connectivity index (χ3n) is 3.76. The molecule has 0 amide bonds. The van der Waals surface area contributed by atoms with Gasteiger partial charge in [-0.15, -0.1) is 5.11 Å². The zero-order chi connectivity index (χ0) is 17.1. The SMILES string of the molecule is Nc1ncc2ccccc2c1/N=N/c1ccc(-c2ncccn2)cc1. The van der Waals surface area contributed by atoms with Crippen molar-refractivity contribution < 1.29 is 0 Å². The highest BCUT2D eigenvalue weighted by Crippen LogP contribution is 2.31. The minimum Gasteiger partial charge on any atom is -0.382 e. The number of pyridine rings is 1. The van der Waals surface area contributed by atoms with E-state index >= 15 is 0 Å². The summed E-state index contributed by atoms with van der Waals surface area (Å²) in [6.45, 7) is 0. The van der Waals surface area contributed by atoms with Crippen LogP contribution in [0.4, 0.5) is 17.2 Å². The van der Waals surface area contributed by atoms with Gasteiger partial charge in [-0.25, -0.2) is 15.0 Å². The van der Waals surface area contributed by atoms with Crippen LogP contribution in [0.2, 0.25) is 0 Å². The van der Waals surface area contributed by atoms with Crippen LogP contribution in [-0.2, 0) is 0 Å². The minimum atomic E-state index is 0.358. The Morgan fingerprint density at radius 2 is 1.52 bits per heavy atom. The average Bonchev–Trinajstić information content (AvgIpc) is 2.68. The van der Waals surface area contributed by atoms with Gasteiger partial charge < -0.3 is 5.73 Å². The predicted octanol–water partition coefficient (Wildman–Crippen LogP) is 4.69. The molecule has 0 bridgehead atoms. The van der Waals surface area contributed by atoms with Gasteiger partial charge in [0.1, 0.15) is 5.69 Å². The summed E-state index contributed by atoms with van der Waals surface area (Å²) in [5.74, 6) is 1.03. The smallest absolute Gasteiger partial charge is 0.159 e. The van der Waals surface area contributed by atoms with E-state index in [1.54, 1.807) is 24.7 Å². The molecular formula is C19H14N6. The number of aromatic nitrogens is 3. The number of hydrogen-bond acceptors (Lipinski definition) is 6. The van der Waals surface area contributed by atoms with E-state index in [4.69, 9.17) is 5.73 Å². The average molecular weight is 326 g/mol. The summed E-state index contributed by atoms with van der Waals surface area (Å²) in [5.41, 5.74) is 8.18. The molecule has 2 N–H and O–H groups in total. The standard InChI is InChI=1S/C19H14N6/c20-18-17(16-5-2-1-4-14(16)12-23-18)25-24-15-8-6-13(7-9-15)19-21-10-3-11-22-19/h1-12H,(H2,20,23)/b25-24+. The topological polar surface area (TPSA) is 89.4 Å². The van der Waals surface area contributed by atoms with E-state index in [1.165, 1.54) is 0 Å². The van der Waals surface area contributed by atoms with Gasteiger partial charge in [0.2, 0.25) is 0 Å². The lowest BCUT2D eigenvalue weighted by Crippen LogP contribution is -1.90. The zero-order valence-electron chi connectivity index (χ0n) is 13.2. The number of benzene rings is 2. The van der Waals surface area contributed by atoms with Gasteiger partial charge >= 0.3 is 0 Å². The van der Waals surface area contributed by atoms with Crippen molar-refractivity contribution in [2.24, 2.45) is 10.2 Å². The second kappa shape index (κ2) is 6.45. The lowest BCUT2D eigenvalue weighted by molar-refractivity contribution is 1.17. The Morgan fingerprint density at radius 3 is 2.32 bits per heavy atom. The molecule has 2 aromatic heterocycles. The van der Waals surface area contributed by atoms with Crippen molar-refractivity contribution in [3.05, 3.63) is 73.2 Å². The highest BCUT2D eigenvalue weighted by Gasteiger charge is 2.06. The molecule has 2 aromatic carbocycles. The highest BCUT2D eigenvalue weighted by molar-refractivity contribution is 5.95. The summed E-state index contributed by atoms with van der Waals surface area (Å²) < 4.78 is 0. The number of nitrogen functional groups attached to an aromatic ring is 1. The Morgan fingerprint density at radius 1 is 0.760 bits per heavy atom. The van der Waals surface area contributed by atoms with Gasteiger partial charge in [0.05, 0.1) is 5.69 Å². The molecule has 0 saturated heterocycles. The largest absolute Gasteiger partial charge is 0.382 e. The molecule has 2 heterocycles. The van der Waals surface area contributed by atoms with Gasteiger partial charge in [-0.2, -0.15) is 5.11 Å². The molecule has 0 saturated carbocycles. The van der Waals surface area contributed by atoms with E-state index in [9.17, 15) is 0 Å². The molecule has 0 radical (unpaired) electrons. The molecule has 0 unspecified atom stereocenters. The Bertz CT molecular complexity index is 1040. The van der Waals surface area contributed by atoms with E-state index in [2.05, 4.69) is 25.2 Å². The first-order chi connectivity index (χ1) is 12.3. The fourth-order valence-corrected chi connectivity index (χ4v) is 2.50. The molecule has 6 nitrogen and oxygen atoms in total.